The van der Waals surface area contributed by atoms with Gasteiger partial charge in [0, 0.05) is 16.3 Å². The van der Waals surface area contributed by atoms with Crippen LogP contribution in [0.3, 0.4) is 0 Å². The van der Waals surface area contributed by atoms with Crippen molar-refractivity contribution in [1.82, 2.24) is 4.98 Å². The highest BCUT2D eigenvalue weighted by Gasteiger charge is 2.19. The molecule has 0 radical (unpaired) electrons. The van der Waals surface area contributed by atoms with Crippen LogP contribution in [0.25, 0.3) is 32.1 Å². The minimum Gasteiger partial charge on any atom is -0.496 e. The van der Waals surface area contributed by atoms with E-state index >= 15 is 0 Å². The van der Waals surface area contributed by atoms with Gasteiger partial charge in [0.1, 0.15) is 10.4 Å². The molecule has 0 aliphatic rings. The molecule has 0 aliphatic heterocycles. The Kier molecular flexibility index (Phi) is 4.91. The third-order valence-corrected chi connectivity index (χ3v) is 6.51. The smallest absolute Gasteiger partial charge is 0.266 e. The third-order valence-electron chi connectivity index (χ3n) is 5.25. The van der Waals surface area contributed by atoms with E-state index in [2.05, 4.69) is 36.2 Å². The minimum atomic E-state index is -0.120. The van der Waals surface area contributed by atoms with Crippen LogP contribution in [0.4, 0.5) is 0 Å². The average Bonchev–Trinajstić information content (AvgIpc) is 3.10. The monoisotopic (exact) mass is 412 g/mol. The zero-order valence-electron chi connectivity index (χ0n) is 15.9. The molecule has 3 N–H and O–H groups in total. The maximum Gasteiger partial charge on any atom is 0.266 e. The Morgan fingerprint density at radius 1 is 1.25 bits per heavy atom. The fourth-order valence-electron chi connectivity index (χ4n) is 3.66. The van der Waals surface area contributed by atoms with E-state index in [1.54, 1.807) is 7.11 Å². The lowest BCUT2D eigenvalue weighted by molar-refractivity contribution is 0.416. The molecule has 28 heavy (non-hydrogen) atoms. The van der Waals surface area contributed by atoms with E-state index < -0.39 is 0 Å². The fourth-order valence-corrected chi connectivity index (χ4v) is 4.79. The summed E-state index contributed by atoms with van der Waals surface area (Å²) in [4.78, 5) is 15.6. The second-order valence-corrected chi connectivity index (χ2v) is 8.71. The van der Waals surface area contributed by atoms with Crippen molar-refractivity contribution in [3.05, 3.63) is 62.2 Å². The molecule has 0 saturated carbocycles. The van der Waals surface area contributed by atoms with Crippen LogP contribution in [0.1, 0.15) is 24.0 Å². The Labute approximate surface area is 171 Å². The molecule has 0 amide bonds. The first-order chi connectivity index (χ1) is 13.4. The van der Waals surface area contributed by atoms with Gasteiger partial charge >= 0.3 is 0 Å². The molecular weight excluding hydrogens is 392 g/mol. The number of methoxy groups -OCH3 is 1. The van der Waals surface area contributed by atoms with Crippen molar-refractivity contribution in [3.8, 4) is 16.9 Å². The second kappa shape index (κ2) is 7.24. The van der Waals surface area contributed by atoms with Crippen LogP contribution in [0.15, 0.2) is 41.2 Å². The Morgan fingerprint density at radius 3 is 2.61 bits per heavy atom. The molecule has 4 nitrogen and oxygen atoms in total. The molecule has 6 heteroatoms. The number of aromatic nitrogens is 1. The summed E-state index contributed by atoms with van der Waals surface area (Å²) in [5.74, 6) is 1.06. The van der Waals surface area contributed by atoms with E-state index in [0.717, 1.165) is 38.7 Å². The summed E-state index contributed by atoms with van der Waals surface area (Å²) >= 11 is 7.55. The normalized spacial score (nSPS) is 12.6. The van der Waals surface area contributed by atoms with Gasteiger partial charge in [-0.1, -0.05) is 42.8 Å². The highest BCUT2D eigenvalue weighted by atomic mass is 35.5. The van der Waals surface area contributed by atoms with Crippen molar-refractivity contribution in [1.29, 1.82) is 0 Å². The van der Waals surface area contributed by atoms with Gasteiger partial charge in [0.15, 0.2) is 0 Å². The molecule has 0 spiro atoms. The van der Waals surface area contributed by atoms with E-state index in [1.165, 1.54) is 16.9 Å². The molecule has 144 valence electrons. The standard InChI is InChI=1S/C22H21ClN2O2S/c1-11-8-16(27-3)18(14-6-4-13(5-7-14)12(2)10-24)19-15-9-17(23)28-21(15)22(26)25-20(11)19/h4-9,12H,10,24H2,1-3H3,(H,25,26). The maximum atomic E-state index is 12.6. The first-order valence-electron chi connectivity index (χ1n) is 9.07. The molecule has 2 heterocycles. The summed E-state index contributed by atoms with van der Waals surface area (Å²) in [6.07, 6.45) is 0. The number of thiophene rings is 1. The summed E-state index contributed by atoms with van der Waals surface area (Å²) in [5.41, 5.74) is 10.6. The number of hydrogen-bond acceptors (Lipinski definition) is 4. The quantitative estimate of drug-likeness (QED) is 0.468. The van der Waals surface area contributed by atoms with Gasteiger partial charge in [0.2, 0.25) is 0 Å². The van der Waals surface area contributed by atoms with Gasteiger partial charge in [-0.2, -0.15) is 0 Å². The van der Waals surface area contributed by atoms with E-state index in [4.69, 9.17) is 22.1 Å². The Balaban J connectivity index is 2.11. The highest BCUT2D eigenvalue weighted by Crippen LogP contribution is 2.43. The number of benzene rings is 2. The molecule has 4 rings (SSSR count). The molecule has 1 unspecified atom stereocenters. The number of nitrogens with one attached hydrogen (secondary N) is 1. The van der Waals surface area contributed by atoms with Crippen LogP contribution < -0.4 is 16.0 Å². The van der Waals surface area contributed by atoms with Gasteiger partial charge in [-0.25, -0.2) is 0 Å². The fraction of sp³-hybridized carbons (Fsp3) is 0.227. The Bertz CT molecular complexity index is 1240. The van der Waals surface area contributed by atoms with Gasteiger partial charge in [-0.15, -0.1) is 11.3 Å². The number of pyridine rings is 1. The number of nitrogens with two attached hydrogens (primary N) is 1. The number of fused-ring (bicyclic) bond motifs is 3. The van der Waals surface area contributed by atoms with Crippen molar-refractivity contribution in [2.24, 2.45) is 5.73 Å². The molecule has 2 aromatic heterocycles. The minimum absolute atomic E-state index is 0.120. The molecule has 2 aromatic carbocycles. The molecule has 0 fully saturated rings. The number of ether oxygens (including phenoxy) is 1. The Morgan fingerprint density at radius 2 is 1.96 bits per heavy atom. The average molecular weight is 413 g/mol. The van der Waals surface area contributed by atoms with Crippen molar-refractivity contribution in [2.45, 2.75) is 19.8 Å². The molecule has 0 saturated heterocycles. The van der Waals surface area contributed by atoms with E-state index in [-0.39, 0.29) is 5.56 Å². The first kappa shape index (κ1) is 19.0. The van der Waals surface area contributed by atoms with Gasteiger partial charge in [0.25, 0.3) is 5.56 Å². The van der Waals surface area contributed by atoms with Crippen molar-refractivity contribution in [3.63, 3.8) is 0 Å². The zero-order valence-corrected chi connectivity index (χ0v) is 17.5. The van der Waals surface area contributed by atoms with E-state index in [9.17, 15) is 4.79 Å². The number of H-pyrrole nitrogens is 1. The van der Waals surface area contributed by atoms with Crippen LogP contribution in [0.2, 0.25) is 4.34 Å². The topological polar surface area (TPSA) is 68.1 Å². The number of rotatable bonds is 4. The van der Waals surface area contributed by atoms with E-state index in [1.807, 2.05) is 19.1 Å². The van der Waals surface area contributed by atoms with Crippen molar-refractivity contribution < 1.29 is 4.74 Å². The maximum absolute atomic E-state index is 12.6. The SMILES string of the molecule is COc1cc(C)c2[nH]c(=O)c3sc(Cl)cc3c2c1-c1ccc(C(C)CN)cc1. The predicted octanol–water partition coefficient (Wildman–Crippen LogP) is 5.44. The Hall–Kier alpha value is -2.34. The molecule has 0 aliphatic carbocycles. The second-order valence-electron chi connectivity index (χ2n) is 7.03. The molecule has 4 aromatic rings. The number of hydrogen-bond donors (Lipinski definition) is 2. The predicted molar refractivity (Wildman–Crippen MR) is 119 cm³/mol. The molecular formula is C22H21ClN2O2S. The zero-order chi connectivity index (χ0) is 20.0. The molecule has 0 bridgehead atoms. The van der Waals surface area contributed by atoms with Crippen LogP contribution >= 0.6 is 22.9 Å². The van der Waals surface area contributed by atoms with Gasteiger partial charge in [-0.05, 0) is 48.2 Å². The van der Waals surface area contributed by atoms with Crippen LogP contribution in [-0.2, 0) is 0 Å². The van der Waals surface area contributed by atoms with Crippen molar-refractivity contribution in [2.75, 3.05) is 13.7 Å². The summed E-state index contributed by atoms with van der Waals surface area (Å²) < 4.78 is 6.95. The summed E-state index contributed by atoms with van der Waals surface area (Å²) in [6.45, 7) is 4.68. The van der Waals surface area contributed by atoms with E-state index in [0.29, 0.717) is 21.5 Å². The lowest BCUT2D eigenvalue weighted by atomic mass is 9.93. The van der Waals surface area contributed by atoms with Crippen molar-refractivity contribution >= 4 is 43.9 Å². The largest absolute Gasteiger partial charge is 0.496 e. The van der Waals surface area contributed by atoms with Gasteiger partial charge in [0.05, 0.1) is 17.0 Å². The summed E-state index contributed by atoms with van der Waals surface area (Å²) in [7, 11) is 1.67. The third kappa shape index (κ3) is 3.00. The number of aromatic amines is 1. The lowest BCUT2D eigenvalue weighted by Gasteiger charge is -2.16. The number of halogens is 1. The number of aryl methyl sites for hydroxylation is 1. The van der Waals surface area contributed by atoms with Crippen LogP contribution in [0, 0.1) is 6.92 Å². The summed E-state index contributed by atoms with van der Waals surface area (Å²) in [5, 5.41) is 1.80. The molecule has 1 atom stereocenters. The highest BCUT2D eigenvalue weighted by molar-refractivity contribution is 7.22. The van der Waals surface area contributed by atoms with Gasteiger partial charge in [-0.3, -0.25) is 4.79 Å². The van der Waals surface area contributed by atoms with Crippen LogP contribution in [-0.4, -0.2) is 18.6 Å². The van der Waals surface area contributed by atoms with Crippen LogP contribution in [0.5, 0.6) is 5.75 Å². The lowest BCUT2D eigenvalue weighted by Crippen LogP contribution is -2.08. The van der Waals surface area contributed by atoms with Gasteiger partial charge < -0.3 is 15.5 Å². The first-order valence-corrected chi connectivity index (χ1v) is 10.3. The summed E-state index contributed by atoms with van der Waals surface area (Å²) in [6, 6.07) is 12.2.